The van der Waals surface area contributed by atoms with E-state index >= 15 is 0 Å². The zero-order valence-electron chi connectivity index (χ0n) is 15.1. The average Bonchev–Trinajstić information content (AvgIpc) is 3.34. The van der Waals surface area contributed by atoms with Crippen molar-refractivity contribution in [3.63, 3.8) is 0 Å². The Morgan fingerprint density at radius 2 is 2.00 bits per heavy atom. The smallest absolute Gasteiger partial charge is 0.343 e. The van der Waals surface area contributed by atoms with E-state index in [2.05, 4.69) is 25.3 Å². The molecule has 128 valence electrons. The Bertz CT molecular complexity index is 873. The van der Waals surface area contributed by atoms with Crippen LogP contribution in [0.2, 0.25) is 0 Å². The highest BCUT2D eigenvalue weighted by Gasteiger charge is 2.29. The third kappa shape index (κ3) is 2.64. The second-order valence-corrected chi connectivity index (χ2v) is 7.01. The van der Waals surface area contributed by atoms with Crippen molar-refractivity contribution >= 4 is 16.9 Å². The average molecular weight is 327 g/mol. The molecule has 0 spiro atoms. The number of benzene rings is 1. The van der Waals surface area contributed by atoms with Crippen LogP contribution in [0.4, 0.5) is 0 Å². The Labute approximate surface area is 142 Å². The Morgan fingerprint density at radius 3 is 2.54 bits per heavy atom. The first-order chi connectivity index (χ1) is 11.4. The number of ether oxygens (including phenoxy) is 1. The summed E-state index contributed by atoms with van der Waals surface area (Å²) < 4.78 is 7.24. The summed E-state index contributed by atoms with van der Waals surface area (Å²) in [5.74, 6) is -0.214. The largest absolute Gasteiger partial charge is 0.462 e. The van der Waals surface area contributed by atoms with E-state index in [0.29, 0.717) is 17.3 Å². The molecule has 1 saturated carbocycles. The van der Waals surface area contributed by atoms with Crippen LogP contribution in [-0.4, -0.2) is 17.1 Å². The number of aryl methyl sites for hydroxylation is 1. The highest BCUT2D eigenvalue weighted by Crippen LogP contribution is 2.40. The predicted octanol–water partition coefficient (Wildman–Crippen LogP) is 4.25. The lowest BCUT2D eigenvalue weighted by atomic mass is 9.90. The molecule has 2 aromatic rings. The van der Waals surface area contributed by atoms with Gasteiger partial charge in [-0.15, -0.1) is 0 Å². The molecule has 0 aliphatic heterocycles. The molecule has 4 heteroatoms. The molecule has 1 fully saturated rings. The van der Waals surface area contributed by atoms with E-state index in [1.807, 2.05) is 13.0 Å². The fourth-order valence-corrected chi connectivity index (χ4v) is 3.49. The molecule has 3 rings (SSSR count). The van der Waals surface area contributed by atoms with Gasteiger partial charge < -0.3 is 9.30 Å². The quantitative estimate of drug-likeness (QED) is 0.789. The van der Waals surface area contributed by atoms with Crippen LogP contribution < -0.4 is 5.43 Å². The number of hydrogen-bond donors (Lipinski definition) is 0. The van der Waals surface area contributed by atoms with Gasteiger partial charge in [-0.25, -0.2) is 4.79 Å². The topological polar surface area (TPSA) is 48.3 Å². The molecular weight excluding hydrogens is 302 g/mol. The zero-order chi connectivity index (χ0) is 17.6. The molecule has 0 saturated heterocycles. The molecule has 1 aromatic carbocycles. The van der Waals surface area contributed by atoms with Crippen molar-refractivity contribution in [2.45, 2.75) is 59.4 Å². The van der Waals surface area contributed by atoms with E-state index in [-0.39, 0.29) is 17.6 Å². The van der Waals surface area contributed by atoms with Crippen LogP contribution in [0, 0.1) is 13.8 Å². The highest BCUT2D eigenvalue weighted by molar-refractivity contribution is 5.95. The number of pyridine rings is 1. The first kappa shape index (κ1) is 16.7. The number of fused-ring (bicyclic) bond motifs is 1. The number of nitrogens with zero attached hydrogens (tertiary/aromatic N) is 1. The number of carbonyl (C=O) groups is 1. The van der Waals surface area contributed by atoms with Crippen molar-refractivity contribution in [2.24, 2.45) is 0 Å². The Morgan fingerprint density at radius 1 is 1.33 bits per heavy atom. The summed E-state index contributed by atoms with van der Waals surface area (Å²) in [7, 11) is 0. The van der Waals surface area contributed by atoms with E-state index in [9.17, 15) is 9.59 Å². The number of carbonyl (C=O) groups excluding carboxylic acids is 1. The van der Waals surface area contributed by atoms with Crippen molar-refractivity contribution in [1.82, 2.24) is 4.57 Å². The SMILES string of the molecule is CCOC(=O)c1cn(C2CC2)c2c(C(C)C)c(C)c(C)cc2c1=O. The van der Waals surface area contributed by atoms with E-state index in [1.54, 1.807) is 13.1 Å². The van der Waals surface area contributed by atoms with Gasteiger partial charge in [0.15, 0.2) is 0 Å². The summed E-state index contributed by atoms with van der Waals surface area (Å²) in [5, 5.41) is 0.638. The molecule has 4 nitrogen and oxygen atoms in total. The van der Waals surface area contributed by atoms with E-state index in [0.717, 1.165) is 23.9 Å². The maximum absolute atomic E-state index is 13.0. The highest BCUT2D eigenvalue weighted by atomic mass is 16.5. The van der Waals surface area contributed by atoms with E-state index < -0.39 is 5.97 Å². The first-order valence-electron chi connectivity index (χ1n) is 8.72. The molecule has 0 atom stereocenters. The molecule has 0 radical (unpaired) electrons. The summed E-state index contributed by atoms with van der Waals surface area (Å²) in [6.07, 6.45) is 3.90. The summed E-state index contributed by atoms with van der Waals surface area (Å²) in [5.41, 5.74) is 4.46. The second-order valence-electron chi connectivity index (χ2n) is 7.01. The monoisotopic (exact) mass is 327 g/mol. The van der Waals surface area contributed by atoms with Crippen molar-refractivity contribution < 1.29 is 9.53 Å². The van der Waals surface area contributed by atoms with Crippen LogP contribution in [0.1, 0.15) is 72.6 Å². The van der Waals surface area contributed by atoms with Gasteiger partial charge in [0, 0.05) is 17.6 Å². The van der Waals surface area contributed by atoms with Gasteiger partial charge in [-0.1, -0.05) is 13.8 Å². The molecule has 0 amide bonds. The van der Waals surface area contributed by atoms with E-state index in [4.69, 9.17) is 4.74 Å². The Kier molecular flexibility index (Phi) is 4.24. The molecule has 0 bridgehead atoms. The molecule has 1 aliphatic carbocycles. The van der Waals surface area contributed by atoms with E-state index in [1.165, 1.54) is 11.1 Å². The van der Waals surface area contributed by atoms with Crippen LogP contribution in [0.15, 0.2) is 17.1 Å². The number of aromatic nitrogens is 1. The van der Waals surface area contributed by atoms with Crippen LogP contribution in [0.3, 0.4) is 0 Å². The van der Waals surface area contributed by atoms with Gasteiger partial charge in [0.2, 0.25) is 5.43 Å². The van der Waals surface area contributed by atoms with Crippen molar-refractivity contribution in [3.8, 4) is 0 Å². The minimum Gasteiger partial charge on any atom is -0.462 e. The maximum atomic E-state index is 13.0. The summed E-state index contributed by atoms with van der Waals surface area (Å²) in [6, 6.07) is 2.31. The minimum atomic E-state index is -0.525. The Hall–Kier alpha value is -2.10. The van der Waals surface area contributed by atoms with Gasteiger partial charge >= 0.3 is 5.97 Å². The van der Waals surface area contributed by atoms with Gasteiger partial charge in [-0.05, 0) is 62.3 Å². The minimum absolute atomic E-state index is 0.147. The standard InChI is InChI=1S/C20H25NO3/c1-6-24-20(23)16-10-21(14-7-8-14)18-15(19(16)22)9-12(4)13(5)17(18)11(2)3/h9-11,14H,6-8H2,1-5H3. The van der Waals surface area contributed by atoms with Gasteiger partial charge in [-0.3, -0.25) is 4.79 Å². The zero-order valence-corrected chi connectivity index (χ0v) is 15.1. The predicted molar refractivity (Wildman–Crippen MR) is 96.0 cm³/mol. The summed E-state index contributed by atoms with van der Waals surface area (Å²) in [6.45, 7) is 10.5. The second kappa shape index (κ2) is 6.08. The number of esters is 1. The van der Waals surface area contributed by atoms with Crippen LogP contribution >= 0.6 is 0 Å². The van der Waals surface area contributed by atoms with Gasteiger partial charge in [-0.2, -0.15) is 0 Å². The summed E-state index contributed by atoms with van der Waals surface area (Å²) in [4.78, 5) is 25.2. The third-order valence-electron chi connectivity index (χ3n) is 4.90. The molecule has 24 heavy (non-hydrogen) atoms. The number of hydrogen-bond acceptors (Lipinski definition) is 3. The van der Waals surface area contributed by atoms with Crippen LogP contribution in [0.5, 0.6) is 0 Å². The lowest BCUT2D eigenvalue weighted by molar-refractivity contribution is 0.0524. The fourth-order valence-electron chi connectivity index (χ4n) is 3.49. The van der Waals surface area contributed by atoms with Crippen molar-refractivity contribution in [3.05, 3.63) is 44.7 Å². The molecule has 1 aromatic heterocycles. The number of rotatable bonds is 4. The molecular formula is C20H25NO3. The lowest BCUT2D eigenvalue weighted by Crippen LogP contribution is -2.22. The van der Waals surface area contributed by atoms with Gasteiger partial charge in [0.1, 0.15) is 5.56 Å². The molecule has 1 aliphatic rings. The van der Waals surface area contributed by atoms with Crippen molar-refractivity contribution in [2.75, 3.05) is 6.61 Å². The fraction of sp³-hybridized carbons (Fsp3) is 0.500. The molecule has 0 N–H and O–H groups in total. The van der Waals surface area contributed by atoms with Gasteiger partial charge in [0.05, 0.1) is 12.1 Å². The first-order valence-corrected chi connectivity index (χ1v) is 8.72. The normalized spacial score (nSPS) is 14.4. The summed E-state index contributed by atoms with van der Waals surface area (Å²) >= 11 is 0. The van der Waals surface area contributed by atoms with Crippen LogP contribution in [-0.2, 0) is 4.74 Å². The van der Waals surface area contributed by atoms with Gasteiger partial charge in [0.25, 0.3) is 0 Å². The molecule has 1 heterocycles. The van der Waals surface area contributed by atoms with Crippen molar-refractivity contribution in [1.29, 1.82) is 0 Å². The lowest BCUT2D eigenvalue weighted by Gasteiger charge is -2.21. The van der Waals surface area contributed by atoms with Crippen LogP contribution in [0.25, 0.3) is 10.9 Å². The third-order valence-corrected chi connectivity index (χ3v) is 4.90. The molecule has 0 unspecified atom stereocenters. The Balaban J connectivity index is 2.43. The maximum Gasteiger partial charge on any atom is 0.343 e.